The van der Waals surface area contributed by atoms with E-state index in [-0.39, 0.29) is 12.3 Å². The van der Waals surface area contributed by atoms with Crippen LogP contribution in [0.3, 0.4) is 0 Å². The first-order valence-electron chi connectivity index (χ1n) is 11.4. The second kappa shape index (κ2) is 12.0. The van der Waals surface area contributed by atoms with Crippen molar-refractivity contribution in [3.8, 4) is 22.6 Å². The number of hydrogen-bond acceptors (Lipinski definition) is 6. The minimum absolute atomic E-state index is 0.110. The maximum Gasteiger partial charge on any atom is 0.228 e. The van der Waals surface area contributed by atoms with Gasteiger partial charge in [0.25, 0.3) is 0 Å². The summed E-state index contributed by atoms with van der Waals surface area (Å²) in [5.41, 5.74) is 6.27. The number of carbonyl (C=O) groups is 1. The van der Waals surface area contributed by atoms with Crippen molar-refractivity contribution >= 4 is 17.3 Å². The van der Waals surface area contributed by atoms with E-state index >= 15 is 0 Å². The number of ether oxygens (including phenoxy) is 2. The highest BCUT2D eigenvalue weighted by atomic mass is 16.5. The van der Waals surface area contributed by atoms with E-state index in [9.17, 15) is 4.79 Å². The predicted molar refractivity (Wildman–Crippen MR) is 140 cm³/mol. The highest BCUT2D eigenvalue weighted by Gasteiger charge is 2.10. The smallest absolute Gasteiger partial charge is 0.228 e. The van der Waals surface area contributed by atoms with E-state index in [2.05, 4.69) is 10.5 Å². The van der Waals surface area contributed by atoms with Crippen LogP contribution >= 0.6 is 0 Å². The molecule has 0 aliphatic heterocycles. The quantitative estimate of drug-likeness (QED) is 0.245. The summed E-state index contributed by atoms with van der Waals surface area (Å²) in [5, 5.41) is 15.2. The lowest BCUT2D eigenvalue weighted by molar-refractivity contribution is -0.115. The van der Waals surface area contributed by atoms with E-state index in [0.29, 0.717) is 29.5 Å². The summed E-state index contributed by atoms with van der Waals surface area (Å²) in [6, 6.07) is 19.3. The molecule has 3 aromatic carbocycles. The molecule has 0 fully saturated rings. The number of carbonyl (C=O) groups excluding carboxylic acids is 1. The Morgan fingerprint density at radius 3 is 2.40 bits per heavy atom. The summed E-state index contributed by atoms with van der Waals surface area (Å²) in [7, 11) is 5.56. The van der Waals surface area contributed by atoms with E-state index in [1.165, 1.54) is 0 Å². The van der Waals surface area contributed by atoms with Gasteiger partial charge in [-0.1, -0.05) is 41.6 Å². The summed E-state index contributed by atoms with van der Waals surface area (Å²) in [6.45, 7) is 5.08. The first-order chi connectivity index (χ1) is 16.8. The Labute approximate surface area is 207 Å². The molecule has 0 radical (unpaired) electrons. The molecule has 0 heterocycles. The van der Waals surface area contributed by atoms with Crippen LogP contribution in [0.4, 0.5) is 5.69 Å². The first kappa shape index (κ1) is 25.8. The number of anilines is 1. The van der Waals surface area contributed by atoms with Crippen LogP contribution in [0.1, 0.15) is 23.6 Å². The molecule has 2 N–H and O–H groups in total. The first-order valence-corrected chi connectivity index (χ1v) is 11.4. The van der Waals surface area contributed by atoms with Gasteiger partial charge in [0.1, 0.15) is 6.61 Å². The van der Waals surface area contributed by atoms with Crippen LogP contribution in [-0.2, 0) is 11.2 Å². The van der Waals surface area contributed by atoms with Crippen LogP contribution in [0, 0.1) is 6.92 Å². The Balaban J connectivity index is 1.65. The molecule has 0 aliphatic carbocycles. The molecule has 7 heteroatoms. The highest BCUT2D eigenvalue weighted by Crippen LogP contribution is 2.30. The topological polar surface area (TPSA) is 83.4 Å². The second-order valence-corrected chi connectivity index (χ2v) is 8.65. The molecule has 0 aromatic heterocycles. The molecular formula is C28H33N3O4. The third-order valence-electron chi connectivity index (χ3n) is 5.67. The monoisotopic (exact) mass is 475 g/mol. The van der Waals surface area contributed by atoms with Crippen molar-refractivity contribution in [1.82, 2.24) is 4.90 Å². The molecule has 0 bridgehead atoms. The van der Waals surface area contributed by atoms with Crippen LogP contribution < -0.4 is 14.8 Å². The van der Waals surface area contributed by atoms with Crippen molar-refractivity contribution < 1.29 is 19.5 Å². The Hall–Kier alpha value is -3.84. The molecule has 35 heavy (non-hydrogen) atoms. The van der Waals surface area contributed by atoms with Gasteiger partial charge >= 0.3 is 0 Å². The van der Waals surface area contributed by atoms with Gasteiger partial charge in [-0.25, -0.2) is 0 Å². The number of aryl methyl sites for hydroxylation is 1. The number of rotatable bonds is 10. The zero-order valence-electron chi connectivity index (χ0n) is 21.0. The third-order valence-corrected chi connectivity index (χ3v) is 5.67. The summed E-state index contributed by atoms with van der Waals surface area (Å²) in [6.07, 6.45) is 0.257. The molecule has 7 nitrogen and oxygen atoms in total. The van der Waals surface area contributed by atoms with Crippen molar-refractivity contribution in [3.05, 3.63) is 77.4 Å². The lowest BCUT2D eigenvalue weighted by Gasteiger charge is -2.15. The van der Waals surface area contributed by atoms with Crippen LogP contribution in [-0.4, -0.2) is 56.1 Å². The number of likely N-dealkylation sites (N-methyl/N-ethyl adjacent to an activating group) is 1. The molecule has 184 valence electrons. The van der Waals surface area contributed by atoms with Crippen LogP contribution in [0.25, 0.3) is 11.1 Å². The maximum absolute atomic E-state index is 12.7. The van der Waals surface area contributed by atoms with Gasteiger partial charge < -0.3 is 24.9 Å². The van der Waals surface area contributed by atoms with Crippen molar-refractivity contribution in [1.29, 1.82) is 0 Å². The predicted octanol–water partition coefficient (Wildman–Crippen LogP) is 4.99. The van der Waals surface area contributed by atoms with Crippen LogP contribution in [0.15, 0.2) is 65.8 Å². The zero-order chi connectivity index (χ0) is 25.4. The molecule has 0 unspecified atom stereocenters. The third kappa shape index (κ3) is 7.07. The number of oxime groups is 1. The molecular weight excluding hydrogens is 442 g/mol. The van der Waals surface area contributed by atoms with Gasteiger partial charge in [-0.05, 0) is 74.0 Å². The number of methoxy groups -OCH3 is 1. The van der Waals surface area contributed by atoms with Crippen molar-refractivity contribution in [3.63, 3.8) is 0 Å². The SMILES string of the molecule is COc1ccc(NC(=O)Cc2ccc(-c3ccc(C(C)=NO)cc3C)cc2)cc1OCCN(C)C. The van der Waals surface area contributed by atoms with Gasteiger partial charge in [0.15, 0.2) is 11.5 Å². The highest BCUT2D eigenvalue weighted by molar-refractivity contribution is 5.99. The number of hydrogen-bond donors (Lipinski definition) is 2. The van der Waals surface area contributed by atoms with E-state index < -0.39 is 0 Å². The summed E-state index contributed by atoms with van der Waals surface area (Å²) < 4.78 is 11.2. The Bertz CT molecular complexity index is 1190. The molecule has 0 spiro atoms. The van der Waals surface area contributed by atoms with Gasteiger partial charge in [-0.2, -0.15) is 0 Å². The van der Waals surface area contributed by atoms with Crippen LogP contribution in [0.2, 0.25) is 0 Å². The summed E-state index contributed by atoms with van der Waals surface area (Å²) in [5.74, 6) is 1.11. The maximum atomic E-state index is 12.7. The summed E-state index contributed by atoms with van der Waals surface area (Å²) in [4.78, 5) is 14.7. The van der Waals surface area contributed by atoms with E-state index in [0.717, 1.165) is 34.4 Å². The van der Waals surface area contributed by atoms with Crippen LogP contribution in [0.5, 0.6) is 11.5 Å². The van der Waals surface area contributed by atoms with E-state index in [1.54, 1.807) is 32.2 Å². The Morgan fingerprint density at radius 2 is 1.77 bits per heavy atom. The van der Waals surface area contributed by atoms with Crippen molar-refractivity contribution in [2.75, 3.05) is 39.7 Å². The van der Waals surface area contributed by atoms with Gasteiger partial charge in [0.05, 0.1) is 19.2 Å². The molecule has 1 amide bonds. The minimum Gasteiger partial charge on any atom is -0.493 e. The lowest BCUT2D eigenvalue weighted by atomic mass is 9.96. The largest absolute Gasteiger partial charge is 0.493 e. The molecule has 0 aliphatic rings. The normalized spacial score (nSPS) is 11.4. The summed E-state index contributed by atoms with van der Waals surface area (Å²) >= 11 is 0. The molecule has 3 rings (SSSR count). The standard InChI is InChI=1S/C28H33N3O4/c1-19-16-23(20(2)30-33)10-12-25(19)22-8-6-21(7-9-22)17-28(32)29-24-11-13-26(34-5)27(18-24)35-15-14-31(3)4/h6-13,16,18,33H,14-15,17H2,1-5H3,(H,29,32). The fraction of sp³-hybridized carbons (Fsp3) is 0.286. The van der Waals surface area contributed by atoms with Crippen molar-refractivity contribution in [2.45, 2.75) is 20.3 Å². The van der Waals surface area contributed by atoms with Gasteiger partial charge in [0, 0.05) is 18.3 Å². The lowest BCUT2D eigenvalue weighted by Crippen LogP contribution is -2.19. The van der Waals surface area contributed by atoms with Gasteiger partial charge in [-0.15, -0.1) is 0 Å². The average molecular weight is 476 g/mol. The number of nitrogens with zero attached hydrogens (tertiary/aromatic N) is 2. The number of benzene rings is 3. The van der Waals surface area contributed by atoms with Gasteiger partial charge in [0.2, 0.25) is 5.91 Å². The zero-order valence-corrected chi connectivity index (χ0v) is 21.0. The molecule has 3 aromatic rings. The molecule has 0 saturated heterocycles. The Kier molecular flexibility index (Phi) is 8.86. The average Bonchev–Trinajstić information content (AvgIpc) is 2.84. The fourth-order valence-corrected chi connectivity index (χ4v) is 3.67. The minimum atomic E-state index is -0.110. The molecule has 0 atom stereocenters. The second-order valence-electron chi connectivity index (χ2n) is 8.65. The number of nitrogens with one attached hydrogen (secondary N) is 1. The fourth-order valence-electron chi connectivity index (χ4n) is 3.67. The molecule has 0 saturated carbocycles. The number of amides is 1. The van der Waals surface area contributed by atoms with E-state index in [4.69, 9.17) is 14.7 Å². The van der Waals surface area contributed by atoms with Gasteiger partial charge in [-0.3, -0.25) is 4.79 Å². The van der Waals surface area contributed by atoms with Crippen molar-refractivity contribution in [2.24, 2.45) is 5.16 Å². The van der Waals surface area contributed by atoms with E-state index in [1.807, 2.05) is 68.4 Å². The Morgan fingerprint density at radius 1 is 1.03 bits per heavy atom.